The van der Waals surface area contributed by atoms with Crippen molar-refractivity contribution in [3.8, 4) is 11.5 Å². The van der Waals surface area contributed by atoms with Gasteiger partial charge in [-0.2, -0.15) is 0 Å². The third kappa shape index (κ3) is 5.29. The van der Waals surface area contributed by atoms with Crippen LogP contribution in [0.4, 0.5) is 5.69 Å². The van der Waals surface area contributed by atoms with E-state index in [2.05, 4.69) is 15.5 Å². The molecule has 1 aliphatic heterocycles. The number of hydrogen-bond acceptors (Lipinski definition) is 5. The van der Waals surface area contributed by atoms with E-state index in [-0.39, 0.29) is 30.9 Å². The van der Waals surface area contributed by atoms with E-state index in [0.29, 0.717) is 22.2 Å². The van der Waals surface area contributed by atoms with Crippen molar-refractivity contribution in [2.45, 2.75) is 6.04 Å². The molecule has 1 heterocycles. The average Bonchev–Trinajstić information content (AvgIpc) is 2.69. The maximum absolute atomic E-state index is 12.7. The van der Waals surface area contributed by atoms with Crippen LogP contribution < -0.4 is 20.1 Å². The maximum Gasteiger partial charge on any atom is 0.238 e. The molecule has 28 heavy (non-hydrogen) atoms. The molecule has 6 nitrogen and oxygen atoms in total. The SMILES string of the molecule is COc1ccc(OC)c(NC(=O)CN2CCNCC2c2ccccc2Cl)c1.Cl. The Balaban J connectivity index is 0.00000280. The van der Waals surface area contributed by atoms with Gasteiger partial charge in [0.2, 0.25) is 5.91 Å². The van der Waals surface area contributed by atoms with Gasteiger partial charge in [0.15, 0.2) is 0 Å². The van der Waals surface area contributed by atoms with Crippen molar-refractivity contribution in [2.75, 3.05) is 45.7 Å². The van der Waals surface area contributed by atoms with Gasteiger partial charge in [0, 0.05) is 36.8 Å². The molecule has 1 amide bonds. The third-order valence-electron chi connectivity index (χ3n) is 4.65. The highest BCUT2D eigenvalue weighted by Crippen LogP contribution is 2.30. The number of benzene rings is 2. The number of piperazine rings is 1. The Bertz CT molecular complexity index is 804. The normalized spacial score (nSPS) is 16.8. The van der Waals surface area contributed by atoms with Gasteiger partial charge in [0.1, 0.15) is 11.5 Å². The molecule has 1 atom stereocenters. The van der Waals surface area contributed by atoms with Gasteiger partial charge in [0.25, 0.3) is 0 Å². The molecular weight excluding hydrogens is 401 g/mol. The van der Waals surface area contributed by atoms with Gasteiger partial charge in [-0.3, -0.25) is 9.69 Å². The lowest BCUT2D eigenvalue weighted by molar-refractivity contribution is -0.118. The molecule has 1 aliphatic rings. The largest absolute Gasteiger partial charge is 0.497 e. The van der Waals surface area contributed by atoms with Crippen molar-refractivity contribution < 1.29 is 14.3 Å². The summed E-state index contributed by atoms with van der Waals surface area (Å²) >= 11 is 6.38. The van der Waals surface area contributed by atoms with Gasteiger partial charge in [-0.15, -0.1) is 12.4 Å². The van der Waals surface area contributed by atoms with Crippen LogP contribution in [0.2, 0.25) is 5.02 Å². The first-order valence-corrected chi connectivity index (χ1v) is 9.21. The van der Waals surface area contributed by atoms with E-state index in [1.807, 2.05) is 24.3 Å². The van der Waals surface area contributed by atoms with Crippen LogP contribution in [0.3, 0.4) is 0 Å². The lowest BCUT2D eigenvalue weighted by Gasteiger charge is -2.36. The summed E-state index contributed by atoms with van der Waals surface area (Å²) in [6.45, 7) is 2.60. The highest BCUT2D eigenvalue weighted by Gasteiger charge is 2.27. The number of halogens is 2. The van der Waals surface area contributed by atoms with Crippen molar-refractivity contribution in [2.24, 2.45) is 0 Å². The second-order valence-electron chi connectivity index (χ2n) is 6.33. The molecule has 2 aromatic rings. The van der Waals surface area contributed by atoms with Crippen molar-refractivity contribution >= 4 is 35.6 Å². The van der Waals surface area contributed by atoms with E-state index >= 15 is 0 Å². The average molecular weight is 426 g/mol. The van der Waals surface area contributed by atoms with Crippen LogP contribution >= 0.6 is 24.0 Å². The second-order valence-corrected chi connectivity index (χ2v) is 6.73. The quantitative estimate of drug-likeness (QED) is 0.742. The minimum absolute atomic E-state index is 0. The lowest BCUT2D eigenvalue weighted by Crippen LogP contribution is -2.48. The Morgan fingerprint density at radius 3 is 2.75 bits per heavy atom. The number of carbonyl (C=O) groups excluding carboxylic acids is 1. The molecule has 2 aromatic carbocycles. The molecule has 152 valence electrons. The van der Waals surface area contributed by atoms with Gasteiger partial charge in [-0.25, -0.2) is 0 Å². The molecule has 0 bridgehead atoms. The summed E-state index contributed by atoms with van der Waals surface area (Å²) < 4.78 is 10.6. The lowest BCUT2D eigenvalue weighted by atomic mass is 10.0. The molecule has 8 heteroatoms. The molecule has 0 aromatic heterocycles. The molecule has 1 saturated heterocycles. The van der Waals surface area contributed by atoms with Crippen LogP contribution in [0.1, 0.15) is 11.6 Å². The van der Waals surface area contributed by atoms with Crippen LogP contribution in [0.5, 0.6) is 11.5 Å². The van der Waals surface area contributed by atoms with Crippen molar-refractivity contribution in [1.29, 1.82) is 0 Å². The summed E-state index contributed by atoms with van der Waals surface area (Å²) in [5.74, 6) is 1.13. The van der Waals surface area contributed by atoms with Gasteiger partial charge in [-0.1, -0.05) is 29.8 Å². The van der Waals surface area contributed by atoms with Crippen molar-refractivity contribution in [1.82, 2.24) is 10.2 Å². The number of methoxy groups -OCH3 is 2. The molecule has 3 rings (SSSR count). The standard InChI is InChI=1S/C20H24ClN3O3.ClH/c1-26-14-7-8-19(27-2)17(11-14)23-20(25)13-24-10-9-22-12-18(24)15-5-3-4-6-16(15)21;/h3-8,11,18,22H,9-10,12-13H2,1-2H3,(H,23,25);1H. The molecule has 0 radical (unpaired) electrons. The fraction of sp³-hybridized carbons (Fsp3) is 0.350. The number of nitrogens with zero attached hydrogens (tertiary/aromatic N) is 1. The highest BCUT2D eigenvalue weighted by molar-refractivity contribution is 6.31. The minimum atomic E-state index is -0.111. The van der Waals surface area contributed by atoms with Crippen molar-refractivity contribution in [3.63, 3.8) is 0 Å². The molecule has 1 fully saturated rings. The van der Waals surface area contributed by atoms with Crippen LogP contribution in [0.15, 0.2) is 42.5 Å². The summed E-state index contributed by atoms with van der Waals surface area (Å²) in [5.41, 5.74) is 1.62. The van der Waals surface area contributed by atoms with Crippen LogP contribution in [-0.2, 0) is 4.79 Å². The van der Waals surface area contributed by atoms with Gasteiger partial charge in [0.05, 0.1) is 26.5 Å². The Morgan fingerprint density at radius 2 is 2.04 bits per heavy atom. The smallest absolute Gasteiger partial charge is 0.238 e. The van der Waals surface area contributed by atoms with Crippen LogP contribution in [0.25, 0.3) is 0 Å². The summed E-state index contributed by atoms with van der Waals surface area (Å²) in [6.07, 6.45) is 0. The zero-order valence-electron chi connectivity index (χ0n) is 15.9. The predicted molar refractivity (Wildman–Crippen MR) is 114 cm³/mol. The Morgan fingerprint density at radius 1 is 1.25 bits per heavy atom. The molecule has 1 unspecified atom stereocenters. The topological polar surface area (TPSA) is 62.8 Å². The van der Waals surface area contributed by atoms with Gasteiger partial charge in [-0.05, 0) is 23.8 Å². The van der Waals surface area contributed by atoms with E-state index in [1.54, 1.807) is 32.4 Å². The maximum atomic E-state index is 12.7. The summed E-state index contributed by atoms with van der Waals surface area (Å²) in [7, 11) is 3.16. The zero-order chi connectivity index (χ0) is 19.2. The fourth-order valence-corrected chi connectivity index (χ4v) is 3.54. The Labute approximate surface area is 176 Å². The summed E-state index contributed by atoms with van der Waals surface area (Å²) in [6, 6.07) is 13.1. The predicted octanol–water partition coefficient (Wildman–Crippen LogP) is 3.36. The fourth-order valence-electron chi connectivity index (χ4n) is 3.27. The molecular formula is C20H25Cl2N3O3. The van der Waals surface area contributed by atoms with Gasteiger partial charge < -0.3 is 20.1 Å². The molecule has 0 saturated carbocycles. The van der Waals surface area contributed by atoms with E-state index in [9.17, 15) is 4.79 Å². The van der Waals surface area contributed by atoms with E-state index in [1.165, 1.54) is 0 Å². The number of rotatable bonds is 6. The third-order valence-corrected chi connectivity index (χ3v) is 4.99. The Kier molecular flexibility index (Phi) is 8.38. The zero-order valence-corrected chi connectivity index (χ0v) is 17.5. The van der Waals surface area contributed by atoms with Crippen LogP contribution in [0, 0.1) is 0 Å². The van der Waals surface area contributed by atoms with E-state index < -0.39 is 0 Å². The first kappa shape index (κ1) is 22.3. The van der Waals surface area contributed by atoms with Gasteiger partial charge >= 0.3 is 0 Å². The number of nitrogens with one attached hydrogen (secondary N) is 2. The molecule has 2 N–H and O–H groups in total. The number of anilines is 1. The number of hydrogen-bond donors (Lipinski definition) is 2. The monoisotopic (exact) mass is 425 g/mol. The summed E-state index contributed by atoms with van der Waals surface area (Å²) in [4.78, 5) is 14.8. The number of amides is 1. The number of ether oxygens (including phenoxy) is 2. The van der Waals surface area contributed by atoms with E-state index in [4.69, 9.17) is 21.1 Å². The minimum Gasteiger partial charge on any atom is -0.497 e. The Hall–Kier alpha value is -1.99. The summed E-state index contributed by atoms with van der Waals surface area (Å²) in [5, 5.41) is 7.02. The number of carbonyl (C=O) groups is 1. The molecule has 0 spiro atoms. The van der Waals surface area contributed by atoms with Crippen LogP contribution in [-0.4, -0.2) is 51.2 Å². The highest BCUT2D eigenvalue weighted by atomic mass is 35.5. The first-order valence-electron chi connectivity index (χ1n) is 8.83. The van der Waals surface area contributed by atoms with E-state index in [0.717, 1.165) is 25.2 Å². The first-order chi connectivity index (χ1) is 13.1. The molecule has 0 aliphatic carbocycles. The van der Waals surface area contributed by atoms with Crippen molar-refractivity contribution in [3.05, 3.63) is 53.1 Å². The second kappa shape index (κ2) is 10.5.